The van der Waals surface area contributed by atoms with Crippen LogP contribution in [0, 0.1) is 6.92 Å². The number of halogens is 1. The molecule has 1 aliphatic carbocycles. The lowest BCUT2D eigenvalue weighted by atomic mass is 9.93. The van der Waals surface area contributed by atoms with Gasteiger partial charge in [-0.1, -0.05) is 0 Å². The van der Waals surface area contributed by atoms with E-state index in [0.717, 1.165) is 0 Å². The van der Waals surface area contributed by atoms with Gasteiger partial charge in [-0.15, -0.1) is 0 Å². The van der Waals surface area contributed by atoms with Gasteiger partial charge in [0.1, 0.15) is 12.3 Å². The summed E-state index contributed by atoms with van der Waals surface area (Å²) >= 11 is 0. The highest BCUT2D eigenvalue weighted by atomic mass is 19.1. The number of hydrogen-bond acceptors (Lipinski definition) is 3. The Bertz CT molecular complexity index is 466. The highest BCUT2D eigenvalue weighted by Crippen LogP contribution is 2.37. The number of hydrogen-bond donors (Lipinski definition) is 1. The predicted molar refractivity (Wildman–Crippen MR) is 63.2 cm³/mol. The lowest BCUT2D eigenvalue weighted by molar-refractivity contribution is 0.0390. The van der Waals surface area contributed by atoms with Crippen LogP contribution in [-0.2, 0) is 0 Å². The normalized spacial score (nSPS) is 22.2. The van der Waals surface area contributed by atoms with E-state index in [1.165, 1.54) is 13.2 Å². The second-order valence-electron chi connectivity index (χ2n) is 4.38. The molecule has 2 rings (SSSR count). The maximum absolute atomic E-state index is 12.7. The third kappa shape index (κ3) is 2.25. The maximum Gasteiger partial charge on any atom is 0.336 e. The Kier molecular flexibility index (Phi) is 3.41. The van der Waals surface area contributed by atoms with Crippen LogP contribution in [0.25, 0.3) is 0 Å². The SMILES string of the molecule is COc1c(OC2CC(F)C2)ccc(C(=O)O)c1C. The van der Waals surface area contributed by atoms with Crippen molar-refractivity contribution in [2.75, 3.05) is 7.11 Å². The minimum Gasteiger partial charge on any atom is -0.493 e. The molecule has 0 atom stereocenters. The van der Waals surface area contributed by atoms with Crippen LogP contribution in [0.5, 0.6) is 11.5 Å². The van der Waals surface area contributed by atoms with E-state index in [0.29, 0.717) is 29.9 Å². The molecule has 0 heterocycles. The van der Waals surface area contributed by atoms with Crippen molar-refractivity contribution in [3.8, 4) is 11.5 Å². The lowest BCUT2D eigenvalue weighted by Crippen LogP contribution is -2.35. The summed E-state index contributed by atoms with van der Waals surface area (Å²) in [7, 11) is 1.46. The van der Waals surface area contributed by atoms with Gasteiger partial charge in [0.25, 0.3) is 0 Å². The van der Waals surface area contributed by atoms with Crippen LogP contribution >= 0.6 is 0 Å². The van der Waals surface area contributed by atoms with Crippen LogP contribution in [0.1, 0.15) is 28.8 Å². The number of alkyl halides is 1. The smallest absolute Gasteiger partial charge is 0.336 e. The molecule has 1 N–H and O–H groups in total. The van der Waals surface area contributed by atoms with Gasteiger partial charge in [0.2, 0.25) is 0 Å². The average Bonchev–Trinajstić information content (AvgIpc) is 2.27. The molecule has 1 aromatic carbocycles. The number of carboxylic acids is 1. The summed E-state index contributed by atoms with van der Waals surface area (Å²) in [6.07, 6.45) is -0.185. The molecule has 0 bridgehead atoms. The Labute approximate surface area is 104 Å². The molecule has 0 amide bonds. The molecule has 5 heteroatoms. The van der Waals surface area contributed by atoms with Gasteiger partial charge in [0.15, 0.2) is 11.5 Å². The molecular weight excluding hydrogens is 239 g/mol. The second kappa shape index (κ2) is 4.84. The molecule has 0 radical (unpaired) electrons. The van der Waals surface area contributed by atoms with E-state index in [1.807, 2.05) is 0 Å². The molecule has 98 valence electrons. The van der Waals surface area contributed by atoms with Crippen LogP contribution < -0.4 is 9.47 Å². The molecule has 0 spiro atoms. The van der Waals surface area contributed by atoms with Crippen LogP contribution in [0.3, 0.4) is 0 Å². The van der Waals surface area contributed by atoms with Crippen LogP contribution in [-0.4, -0.2) is 30.5 Å². The van der Waals surface area contributed by atoms with Crippen molar-refractivity contribution in [3.63, 3.8) is 0 Å². The van der Waals surface area contributed by atoms with Crippen molar-refractivity contribution in [1.82, 2.24) is 0 Å². The molecule has 1 fully saturated rings. The van der Waals surface area contributed by atoms with E-state index in [9.17, 15) is 9.18 Å². The highest BCUT2D eigenvalue weighted by Gasteiger charge is 2.31. The summed E-state index contributed by atoms with van der Waals surface area (Å²) < 4.78 is 23.5. The number of rotatable bonds is 4. The Morgan fingerprint density at radius 3 is 2.61 bits per heavy atom. The Hall–Kier alpha value is -1.78. The molecular formula is C13H15FO4. The summed E-state index contributed by atoms with van der Waals surface area (Å²) in [6, 6.07) is 3.03. The molecule has 0 aromatic heterocycles. The zero-order valence-corrected chi connectivity index (χ0v) is 10.3. The first-order chi connectivity index (χ1) is 8.52. The third-order valence-corrected chi connectivity index (χ3v) is 3.14. The highest BCUT2D eigenvalue weighted by molar-refractivity contribution is 5.90. The largest absolute Gasteiger partial charge is 0.493 e. The molecule has 0 unspecified atom stereocenters. The lowest BCUT2D eigenvalue weighted by Gasteiger charge is -2.30. The van der Waals surface area contributed by atoms with Crippen molar-refractivity contribution in [1.29, 1.82) is 0 Å². The fourth-order valence-electron chi connectivity index (χ4n) is 2.02. The molecule has 0 saturated heterocycles. The number of carboxylic acid groups (broad SMARTS) is 1. The third-order valence-electron chi connectivity index (χ3n) is 3.14. The monoisotopic (exact) mass is 254 g/mol. The van der Waals surface area contributed by atoms with E-state index in [-0.39, 0.29) is 11.7 Å². The minimum absolute atomic E-state index is 0.149. The van der Waals surface area contributed by atoms with E-state index >= 15 is 0 Å². The fourth-order valence-corrected chi connectivity index (χ4v) is 2.02. The van der Waals surface area contributed by atoms with Gasteiger partial charge in [-0.2, -0.15) is 0 Å². The van der Waals surface area contributed by atoms with E-state index < -0.39 is 12.1 Å². The zero-order valence-electron chi connectivity index (χ0n) is 10.3. The standard InChI is InChI=1S/C13H15FO4/c1-7-10(13(15)16)3-4-11(12(7)17-2)18-9-5-8(14)6-9/h3-4,8-9H,5-6H2,1-2H3,(H,15,16). The van der Waals surface area contributed by atoms with Gasteiger partial charge in [0.05, 0.1) is 12.7 Å². The number of aromatic carboxylic acids is 1. The molecule has 0 aliphatic heterocycles. The Morgan fingerprint density at radius 1 is 1.44 bits per heavy atom. The molecule has 1 aromatic rings. The maximum atomic E-state index is 12.7. The molecule has 18 heavy (non-hydrogen) atoms. The van der Waals surface area contributed by atoms with Gasteiger partial charge in [-0.25, -0.2) is 9.18 Å². The van der Waals surface area contributed by atoms with E-state index in [2.05, 4.69) is 0 Å². The first-order valence-corrected chi connectivity index (χ1v) is 5.74. The fraction of sp³-hybridized carbons (Fsp3) is 0.462. The van der Waals surface area contributed by atoms with Crippen molar-refractivity contribution < 1.29 is 23.8 Å². The van der Waals surface area contributed by atoms with Crippen LogP contribution in [0.15, 0.2) is 12.1 Å². The molecule has 1 aliphatic rings. The second-order valence-corrected chi connectivity index (χ2v) is 4.38. The number of carbonyl (C=O) groups is 1. The van der Waals surface area contributed by atoms with Crippen molar-refractivity contribution >= 4 is 5.97 Å². The number of methoxy groups -OCH3 is 1. The van der Waals surface area contributed by atoms with Crippen molar-refractivity contribution in [3.05, 3.63) is 23.3 Å². The predicted octanol–water partition coefficient (Wildman–Crippen LogP) is 2.58. The average molecular weight is 254 g/mol. The Morgan fingerprint density at radius 2 is 2.11 bits per heavy atom. The minimum atomic E-state index is -1.01. The van der Waals surface area contributed by atoms with Gasteiger partial charge >= 0.3 is 5.97 Å². The molecule has 4 nitrogen and oxygen atoms in total. The summed E-state index contributed by atoms with van der Waals surface area (Å²) in [5, 5.41) is 9.00. The van der Waals surface area contributed by atoms with E-state index in [4.69, 9.17) is 14.6 Å². The first-order valence-electron chi connectivity index (χ1n) is 5.74. The van der Waals surface area contributed by atoms with Gasteiger partial charge in [-0.05, 0) is 19.1 Å². The van der Waals surface area contributed by atoms with Gasteiger partial charge in [0, 0.05) is 18.4 Å². The van der Waals surface area contributed by atoms with Gasteiger partial charge < -0.3 is 14.6 Å². The van der Waals surface area contributed by atoms with Gasteiger partial charge in [-0.3, -0.25) is 0 Å². The summed E-state index contributed by atoms with van der Waals surface area (Å²) in [5.74, 6) is -0.140. The summed E-state index contributed by atoms with van der Waals surface area (Å²) in [6.45, 7) is 1.66. The van der Waals surface area contributed by atoms with Crippen molar-refractivity contribution in [2.45, 2.75) is 32.0 Å². The first kappa shape index (κ1) is 12.7. The van der Waals surface area contributed by atoms with Crippen LogP contribution in [0.4, 0.5) is 4.39 Å². The molecule has 1 saturated carbocycles. The number of benzene rings is 1. The zero-order chi connectivity index (χ0) is 13.3. The summed E-state index contributed by atoms with van der Waals surface area (Å²) in [5.41, 5.74) is 0.690. The van der Waals surface area contributed by atoms with Crippen molar-refractivity contribution in [2.24, 2.45) is 0 Å². The Balaban J connectivity index is 2.25. The quantitative estimate of drug-likeness (QED) is 0.897. The van der Waals surface area contributed by atoms with E-state index in [1.54, 1.807) is 13.0 Å². The topological polar surface area (TPSA) is 55.8 Å². The van der Waals surface area contributed by atoms with Crippen LogP contribution in [0.2, 0.25) is 0 Å². The summed E-state index contributed by atoms with van der Waals surface area (Å²) in [4.78, 5) is 11.0. The number of ether oxygens (including phenoxy) is 2.